The third-order valence-corrected chi connectivity index (χ3v) is 4.24. The van der Waals surface area contributed by atoms with Gasteiger partial charge in [-0.25, -0.2) is 8.78 Å². The molecule has 120 valence electrons. The molecule has 2 aliphatic rings. The molecule has 1 aliphatic carbocycles. The van der Waals surface area contributed by atoms with Crippen LogP contribution in [0.15, 0.2) is 23.2 Å². The monoisotopic (exact) mass is 310 g/mol. The normalized spacial score (nSPS) is 21.6. The molecule has 1 aromatic rings. The van der Waals surface area contributed by atoms with Crippen molar-refractivity contribution in [3.8, 4) is 0 Å². The molecule has 3 rings (SSSR count). The summed E-state index contributed by atoms with van der Waals surface area (Å²) >= 11 is 0. The molecule has 5 nitrogen and oxygen atoms in total. The summed E-state index contributed by atoms with van der Waals surface area (Å²) in [6, 6.07) is 3.18. The van der Waals surface area contributed by atoms with Gasteiger partial charge in [0.25, 0.3) is 0 Å². The van der Waals surface area contributed by atoms with Crippen LogP contribution in [0.3, 0.4) is 0 Å². The molecular formula is C15H20F2N4O. The number of morpholine rings is 1. The summed E-state index contributed by atoms with van der Waals surface area (Å²) in [4.78, 5) is 6.70. The summed E-state index contributed by atoms with van der Waals surface area (Å²) in [5.41, 5.74) is 5.86. The van der Waals surface area contributed by atoms with Crippen molar-refractivity contribution in [1.82, 2.24) is 4.90 Å². The van der Waals surface area contributed by atoms with Crippen LogP contribution in [-0.4, -0.2) is 49.2 Å². The minimum atomic E-state index is -0.561. The molecule has 0 unspecified atom stereocenters. The van der Waals surface area contributed by atoms with Crippen LogP contribution in [0.1, 0.15) is 12.8 Å². The van der Waals surface area contributed by atoms with Gasteiger partial charge in [0, 0.05) is 24.7 Å². The van der Waals surface area contributed by atoms with Crippen LogP contribution in [0.5, 0.6) is 0 Å². The fraction of sp³-hybridized carbons (Fsp3) is 0.533. The Bertz CT molecular complexity index is 569. The second kappa shape index (κ2) is 6.18. The fourth-order valence-electron chi connectivity index (χ4n) is 2.76. The number of aliphatic imine (C=N–C) groups is 1. The van der Waals surface area contributed by atoms with Gasteiger partial charge in [-0.2, -0.15) is 0 Å². The Balaban J connectivity index is 1.61. The van der Waals surface area contributed by atoms with E-state index in [9.17, 15) is 8.78 Å². The van der Waals surface area contributed by atoms with Crippen LogP contribution < -0.4 is 11.1 Å². The Morgan fingerprint density at radius 1 is 1.32 bits per heavy atom. The van der Waals surface area contributed by atoms with E-state index in [1.54, 1.807) is 0 Å². The maximum atomic E-state index is 13.5. The van der Waals surface area contributed by atoms with Gasteiger partial charge in [-0.15, -0.1) is 0 Å². The van der Waals surface area contributed by atoms with Gasteiger partial charge in [-0.1, -0.05) is 0 Å². The van der Waals surface area contributed by atoms with E-state index in [0.717, 1.165) is 57.3 Å². The van der Waals surface area contributed by atoms with Crippen molar-refractivity contribution in [3.63, 3.8) is 0 Å². The standard InChI is InChI=1S/C15H20F2N4O/c16-11-1-2-12(17)13(9-11)20-14(18)19-10-15(3-4-15)21-5-7-22-8-6-21/h1-2,9H,3-8,10H2,(H3,18,19,20). The SMILES string of the molecule is NC(=NCC1(N2CCOCC2)CC1)Nc1cc(F)ccc1F. The summed E-state index contributed by atoms with van der Waals surface area (Å²) in [5, 5.41) is 2.62. The van der Waals surface area contributed by atoms with Crippen LogP contribution in [0.4, 0.5) is 14.5 Å². The lowest BCUT2D eigenvalue weighted by Crippen LogP contribution is -2.47. The topological polar surface area (TPSA) is 62.9 Å². The Morgan fingerprint density at radius 2 is 2.05 bits per heavy atom. The number of guanidine groups is 1. The number of halogens is 2. The maximum Gasteiger partial charge on any atom is 0.193 e. The van der Waals surface area contributed by atoms with Gasteiger partial charge in [-0.05, 0) is 25.0 Å². The molecule has 3 N–H and O–H groups in total. The molecule has 0 spiro atoms. The molecule has 22 heavy (non-hydrogen) atoms. The first-order valence-corrected chi connectivity index (χ1v) is 7.44. The average molecular weight is 310 g/mol. The Labute approximate surface area is 128 Å². The molecule has 1 saturated heterocycles. The third kappa shape index (κ3) is 3.36. The molecule has 1 aliphatic heterocycles. The van der Waals surface area contributed by atoms with Crippen molar-refractivity contribution in [2.45, 2.75) is 18.4 Å². The summed E-state index contributed by atoms with van der Waals surface area (Å²) < 4.78 is 32.0. The lowest BCUT2D eigenvalue weighted by Gasteiger charge is -2.34. The highest BCUT2D eigenvalue weighted by Gasteiger charge is 2.48. The number of ether oxygens (including phenoxy) is 1. The van der Waals surface area contributed by atoms with Gasteiger partial charge in [-0.3, -0.25) is 9.89 Å². The summed E-state index contributed by atoms with van der Waals surface area (Å²) in [5.74, 6) is -0.985. The van der Waals surface area contributed by atoms with E-state index in [0.29, 0.717) is 6.54 Å². The minimum absolute atomic E-state index is 0.00234. The molecule has 1 heterocycles. The molecule has 0 aromatic heterocycles. The predicted molar refractivity (Wildman–Crippen MR) is 80.8 cm³/mol. The molecule has 2 fully saturated rings. The highest BCUT2D eigenvalue weighted by Crippen LogP contribution is 2.42. The summed E-state index contributed by atoms with van der Waals surface area (Å²) in [7, 11) is 0. The second-order valence-corrected chi connectivity index (χ2v) is 5.77. The summed E-state index contributed by atoms with van der Waals surface area (Å²) in [6.07, 6.45) is 2.16. The number of nitrogens with zero attached hydrogens (tertiary/aromatic N) is 2. The van der Waals surface area contributed by atoms with E-state index >= 15 is 0 Å². The van der Waals surface area contributed by atoms with Gasteiger partial charge in [0.2, 0.25) is 0 Å². The zero-order chi connectivity index (χ0) is 15.6. The first kappa shape index (κ1) is 15.2. The lowest BCUT2D eigenvalue weighted by atomic mass is 10.2. The van der Waals surface area contributed by atoms with Crippen molar-refractivity contribution in [2.75, 3.05) is 38.2 Å². The highest BCUT2D eigenvalue weighted by atomic mass is 19.1. The molecule has 0 bridgehead atoms. The number of nitrogens with one attached hydrogen (secondary N) is 1. The Hall–Kier alpha value is -1.73. The van der Waals surface area contributed by atoms with E-state index in [1.807, 2.05) is 0 Å². The van der Waals surface area contributed by atoms with Gasteiger partial charge < -0.3 is 15.8 Å². The molecule has 0 atom stereocenters. The molecule has 0 radical (unpaired) electrons. The van der Waals surface area contributed by atoms with Crippen LogP contribution in [0.25, 0.3) is 0 Å². The number of benzene rings is 1. The second-order valence-electron chi connectivity index (χ2n) is 5.77. The number of rotatable bonds is 4. The van der Waals surface area contributed by atoms with E-state index in [4.69, 9.17) is 10.5 Å². The zero-order valence-corrected chi connectivity index (χ0v) is 12.3. The van der Waals surface area contributed by atoms with Crippen LogP contribution in [-0.2, 0) is 4.74 Å². The lowest BCUT2D eigenvalue weighted by molar-refractivity contribution is 0.0117. The first-order chi connectivity index (χ1) is 10.6. The summed E-state index contributed by atoms with van der Waals surface area (Å²) in [6.45, 7) is 3.85. The Morgan fingerprint density at radius 3 is 2.73 bits per heavy atom. The minimum Gasteiger partial charge on any atom is -0.379 e. The largest absolute Gasteiger partial charge is 0.379 e. The van der Waals surface area contributed by atoms with Crippen molar-refractivity contribution in [2.24, 2.45) is 10.7 Å². The molecule has 1 aromatic carbocycles. The number of nitrogens with two attached hydrogens (primary N) is 1. The number of hydrogen-bond acceptors (Lipinski definition) is 3. The van der Waals surface area contributed by atoms with Crippen molar-refractivity contribution >= 4 is 11.6 Å². The first-order valence-electron chi connectivity index (χ1n) is 7.44. The third-order valence-electron chi connectivity index (χ3n) is 4.24. The smallest absolute Gasteiger partial charge is 0.193 e. The van der Waals surface area contributed by atoms with Crippen LogP contribution >= 0.6 is 0 Å². The molecule has 7 heteroatoms. The fourth-order valence-corrected chi connectivity index (χ4v) is 2.76. The van der Waals surface area contributed by atoms with E-state index in [1.165, 1.54) is 0 Å². The maximum absolute atomic E-state index is 13.5. The van der Waals surface area contributed by atoms with E-state index in [-0.39, 0.29) is 17.2 Å². The van der Waals surface area contributed by atoms with E-state index < -0.39 is 11.6 Å². The van der Waals surface area contributed by atoms with Crippen molar-refractivity contribution in [1.29, 1.82) is 0 Å². The average Bonchev–Trinajstić information content (AvgIpc) is 3.31. The van der Waals surface area contributed by atoms with Gasteiger partial charge in [0.05, 0.1) is 25.4 Å². The van der Waals surface area contributed by atoms with E-state index in [2.05, 4.69) is 15.2 Å². The molecule has 1 saturated carbocycles. The van der Waals surface area contributed by atoms with Crippen LogP contribution in [0, 0.1) is 11.6 Å². The number of hydrogen-bond donors (Lipinski definition) is 2. The van der Waals surface area contributed by atoms with Gasteiger partial charge >= 0.3 is 0 Å². The van der Waals surface area contributed by atoms with Gasteiger partial charge in [0.1, 0.15) is 11.6 Å². The zero-order valence-electron chi connectivity index (χ0n) is 12.3. The van der Waals surface area contributed by atoms with Crippen molar-refractivity contribution in [3.05, 3.63) is 29.8 Å². The Kier molecular flexibility index (Phi) is 4.26. The van der Waals surface area contributed by atoms with Crippen LogP contribution in [0.2, 0.25) is 0 Å². The quantitative estimate of drug-likeness (QED) is 0.654. The number of anilines is 1. The highest BCUT2D eigenvalue weighted by molar-refractivity contribution is 5.92. The van der Waals surface area contributed by atoms with Gasteiger partial charge in [0.15, 0.2) is 5.96 Å². The molecular weight excluding hydrogens is 290 g/mol. The molecule has 0 amide bonds. The van der Waals surface area contributed by atoms with Crippen molar-refractivity contribution < 1.29 is 13.5 Å². The predicted octanol–water partition coefficient (Wildman–Crippen LogP) is 1.56.